The minimum atomic E-state index is 0.350. The van der Waals surface area contributed by atoms with Crippen LogP contribution in [-0.2, 0) is 6.42 Å². The Morgan fingerprint density at radius 2 is 2.00 bits per heavy atom. The van der Waals surface area contributed by atoms with Crippen LogP contribution < -0.4 is 5.32 Å². The van der Waals surface area contributed by atoms with Crippen LogP contribution in [0.2, 0.25) is 0 Å². The normalized spacial score (nSPS) is 22.4. The summed E-state index contributed by atoms with van der Waals surface area (Å²) in [5, 5.41) is 13.1. The van der Waals surface area contributed by atoms with Crippen molar-refractivity contribution in [1.29, 1.82) is 0 Å². The fraction of sp³-hybridized carbons (Fsp3) is 0.647. The fourth-order valence-electron chi connectivity index (χ4n) is 2.94. The summed E-state index contributed by atoms with van der Waals surface area (Å²) in [6.45, 7) is 4.73. The topological polar surface area (TPSA) is 35.5 Å². The van der Waals surface area contributed by atoms with E-state index >= 15 is 0 Å². The Morgan fingerprint density at radius 1 is 1.25 bits per heavy atom. The molecule has 1 aromatic rings. The van der Waals surface area contributed by atoms with Crippen molar-refractivity contribution in [3.05, 3.63) is 29.8 Å². The molecule has 1 aliphatic rings. The lowest BCUT2D eigenvalue weighted by Crippen LogP contribution is -2.37. The van der Waals surface area contributed by atoms with Gasteiger partial charge in [-0.05, 0) is 76.9 Å². The van der Waals surface area contributed by atoms with Crippen molar-refractivity contribution in [3.8, 4) is 5.75 Å². The first-order valence-electron chi connectivity index (χ1n) is 7.86. The van der Waals surface area contributed by atoms with Crippen molar-refractivity contribution in [1.82, 2.24) is 10.2 Å². The molecule has 2 atom stereocenters. The summed E-state index contributed by atoms with van der Waals surface area (Å²) in [7, 11) is 2.22. The standard InChI is InChI=1S/C17H28N2O/c1-14(5-6-15-7-9-17(20)10-8-15)18-16-4-3-12-19(2)13-11-16/h7-10,14,16,18,20H,3-6,11-13H2,1-2H3. The smallest absolute Gasteiger partial charge is 0.115 e. The van der Waals surface area contributed by atoms with E-state index in [1.54, 1.807) is 12.1 Å². The number of benzene rings is 1. The minimum Gasteiger partial charge on any atom is -0.508 e. The van der Waals surface area contributed by atoms with Gasteiger partial charge in [-0.2, -0.15) is 0 Å². The summed E-state index contributed by atoms with van der Waals surface area (Å²) in [6.07, 6.45) is 6.09. The van der Waals surface area contributed by atoms with Gasteiger partial charge in [-0.3, -0.25) is 0 Å². The summed E-state index contributed by atoms with van der Waals surface area (Å²) in [5.74, 6) is 0.350. The van der Waals surface area contributed by atoms with Gasteiger partial charge in [0.15, 0.2) is 0 Å². The number of hydrogen-bond acceptors (Lipinski definition) is 3. The van der Waals surface area contributed by atoms with Crippen LogP contribution in [0.1, 0.15) is 38.2 Å². The van der Waals surface area contributed by atoms with E-state index in [1.165, 1.54) is 37.9 Å². The monoisotopic (exact) mass is 276 g/mol. The molecule has 20 heavy (non-hydrogen) atoms. The van der Waals surface area contributed by atoms with Gasteiger partial charge in [0.25, 0.3) is 0 Å². The summed E-state index contributed by atoms with van der Waals surface area (Å²) in [5.41, 5.74) is 1.30. The molecule has 112 valence electrons. The number of nitrogens with one attached hydrogen (secondary N) is 1. The molecule has 0 spiro atoms. The van der Waals surface area contributed by atoms with E-state index in [0.717, 1.165) is 12.8 Å². The van der Waals surface area contributed by atoms with Crippen LogP contribution in [0.4, 0.5) is 0 Å². The number of hydrogen-bond donors (Lipinski definition) is 2. The van der Waals surface area contributed by atoms with E-state index in [2.05, 4.69) is 24.2 Å². The van der Waals surface area contributed by atoms with Crippen molar-refractivity contribution in [2.24, 2.45) is 0 Å². The van der Waals surface area contributed by atoms with Crippen LogP contribution in [0.25, 0.3) is 0 Å². The molecule has 0 saturated carbocycles. The molecule has 0 aromatic heterocycles. The second-order valence-electron chi connectivity index (χ2n) is 6.20. The second kappa shape index (κ2) is 7.65. The molecule has 1 heterocycles. The molecule has 1 saturated heterocycles. The lowest BCUT2D eigenvalue weighted by atomic mass is 10.0. The first kappa shape index (κ1) is 15.3. The highest BCUT2D eigenvalue weighted by molar-refractivity contribution is 5.25. The average Bonchev–Trinajstić information content (AvgIpc) is 2.63. The van der Waals surface area contributed by atoms with Crippen molar-refractivity contribution in [3.63, 3.8) is 0 Å². The molecule has 1 aliphatic heterocycles. The summed E-state index contributed by atoms with van der Waals surface area (Å²) < 4.78 is 0. The van der Waals surface area contributed by atoms with Gasteiger partial charge in [0.1, 0.15) is 5.75 Å². The third-order valence-electron chi connectivity index (χ3n) is 4.27. The van der Waals surface area contributed by atoms with E-state index in [1.807, 2.05) is 12.1 Å². The molecular weight excluding hydrogens is 248 g/mol. The Bertz CT molecular complexity index is 390. The van der Waals surface area contributed by atoms with E-state index in [-0.39, 0.29) is 0 Å². The van der Waals surface area contributed by atoms with E-state index in [0.29, 0.717) is 17.8 Å². The van der Waals surface area contributed by atoms with E-state index in [9.17, 15) is 5.11 Å². The Hall–Kier alpha value is -1.06. The Kier molecular flexibility index (Phi) is 5.86. The maximum Gasteiger partial charge on any atom is 0.115 e. The molecule has 0 aliphatic carbocycles. The van der Waals surface area contributed by atoms with E-state index < -0.39 is 0 Å². The maximum absolute atomic E-state index is 9.28. The Morgan fingerprint density at radius 3 is 2.75 bits per heavy atom. The molecule has 2 rings (SSSR count). The van der Waals surface area contributed by atoms with Crippen LogP contribution in [0.3, 0.4) is 0 Å². The van der Waals surface area contributed by atoms with E-state index in [4.69, 9.17) is 0 Å². The van der Waals surface area contributed by atoms with Gasteiger partial charge in [-0.25, -0.2) is 0 Å². The number of likely N-dealkylation sites (tertiary alicyclic amines) is 1. The average molecular weight is 276 g/mol. The second-order valence-corrected chi connectivity index (χ2v) is 6.20. The molecule has 3 heteroatoms. The highest BCUT2D eigenvalue weighted by Crippen LogP contribution is 2.14. The zero-order valence-corrected chi connectivity index (χ0v) is 12.8. The molecule has 3 nitrogen and oxygen atoms in total. The molecule has 2 N–H and O–H groups in total. The van der Waals surface area contributed by atoms with Gasteiger partial charge >= 0.3 is 0 Å². The summed E-state index contributed by atoms with van der Waals surface area (Å²) >= 11 is 0. The lowest BCUT2D eigenvalue weighted by Gasteiger charge is -2.22. The van der Waals surface area contributed by atoms with Crippen molar-refractivity contribution >= 4 is 0 Å². The molecule has 1 aromatic carbocycles. The number of phenols is 1. The molecule has 0 bridgehead atoms. The van der Waals surface area contributed by atoms with Crippen LogP contribution in [0.5, 0.6) is 5.75 Å². The van der Waals surface area contributed by atoms with Crippen LogP contribution in [-0.4, -0.2) is 42.2 Å². The number of rotatable bonds is 5. The lowest BCUT2D eigenvalue weighted by molar-refractivity contribution is 0.338. The predicted molar refractivity (Wildman–Crippen MR) is 84.2 cm³/mol. The number of aryl methyl sites for hydroxylation is 1. The van der Waals surface area contributed by atoms with Crippen molar-refractivity contribution in [2.45, 2.75) is 51.1 Å². The Balaban J connectivity index is 1.71. The number of nitrogens with zero attached hydrogens (tertiary/aromatic N) is 1. The van der Waals surface area contributed by atoms with Gasteiger partial charge in [0.05, 0.1) is 0 Å². The fourth-order valence-corrected chi connectivity index (χ4v) is 2.94. The summed E-state index contributed by atoms with van der Waals surface area (Å²) in [4.78, 5) is 2.43. The predicted octanol–water partition coefficient (Wildman–Crippen LogP) is 2.79. The third-order valence-corrected chi connectivity index (χ3v) is 4.27. The minimum absolute atomic E-state index is 0.350. The Labute approximate surface area is 123 Å². The zero-order chi connectivity index (χ0) is 14.4. The van der Waals surface area contributed by atoms with Gasteiger partial charge in [-0.1, -0.05) is 12.1 Å². The van der Waals surface area contributed by atoms with Gasteiger partial charge in [-0.15, -0.1) is 0 Å². The molecular formula is C17H28N2O. The molecule has 1 fully saturated rings. The van der Waals surface area contributed by atoms with Gasteiger partial charge < -0.3 is 15.3 Å². The SMILES string of the molecule is CC(CCc1ccc(O)cc1)NC1CCCN(C)CC1. The van der Waals surface area contributed by atoms with Gasteiger partial charge in [0, 0.05) is 12.1 Å². The number of phenolic OH excluding ortho intramolecular Hbond substituents is 1. The molecule has 0 amide bonds. The van der Waals surface area contributed by atoms with Crippen molar-refractivity contribution < 1.29 is 5.11 Å². The first-order chi connectivity index (χ1) is 9.63. The quantitative estimate of drug-likeness (QED) is 0.868. The zero-order valence-electron chi connectivity index (χ0n) is 12.8. The third kappa shape index (κ3) is 5.14. The van der Waals surface area contributed by atoms with Crippen LogP contribution >= 0.6 is 0 Å². The largest absolute Gasteiger partial charge is 0.508 e. The van der Waals surface area contributed by atoms with Crippen molar-refractivity contribution in [2.75, 3.05) is 20.1 Å². The van der Waals surface area contributed by atoms with Crippen LogP contribution in [0, 0.1) is 0 Å². The van der Waals surface area contributed by atoms with Gasteiger partial charge in [0.2, 0.25) is 0 Å². The molecule has 2 unspecified atom stereocenters. The highest BCUT2D eigenvalue weighted by atomic mass is 16.3. The molecule has 0 radical (unpaired) electrons. The maximum atomic E-state index is 9.28. The number of aromatic hydroxyl groups is 1. The highest BCUT2D eigenvalue weighted by Gasteiger charge is 2.16. The van der Waals surface area contributed by atoms with Crippen LogP contribution in [0.15, 0.2) is 24.3 Å². The summed E-state index contributed by atoms with van der Waals surface area (Å²) in [6, 6.07) is 8.81. The first-order valence-corrected chi connectivity index (χ1v) is 7.86.